The van der Waals surface area contributed by atoms with Crippen molar-refractivity contribution in [1.82, 2.24) is 4.98 Å². The Labute approximate surface area is 127 Å². The number of carbonyl (C=O) groups excluding carboxylic acids is 1. The van der Waals surface area contributed by atoms with E-state index in [1.165, 1.54) is 17.7 Å². The average molecular weight is 294 g/mol. The number of carbonyl (C=O) groups is 1. The molecule has 0 bridgehead atoms. The van der Waals surface area contributed by atoms with Gasteiger partial charge >= 0.3 is 0 Å². The molecule has 4 rings (SSSR count). The van der Waals surface area contributed by atoms with Crippen molar-refractivity contribution in [2.75, 3.05) is 11.4 Å². The van der Waals surface area contributed by atoms with Crippen molar-refractivity contribution in [2.24, 2.45) is 0 Å². The molecule has 110 valence electrons. The summed E-state index contributed by atoms with van der Waals surface area (Å²) in [5.74, 6) is -0.234. The van der Waals surface area contributed by atoms with E-state index in [1.807, 2.05) is 23.1 Å². The summed E-state index contributed by atoms with van der Waals surface area (Å²) in [7, 11) is 0. The number of hydrogen-bond acceptors (Lipinski definition) is 1. The van der Waals surface area contributed by atoms with Crippen molar-refractivity contribution >= 4 is 22.5 Å². The van der Waals surface area contributed by atoms with Crippen molar-refractivity contribution in [2.45, 2.75) is 12.8 Å². The third-order valence-electron chi connectivity index (χ3n) is 4.26. The van der Waals surface area contributed by atoms with Gasteiger partial charge in [0.2, 0.25) is 5.91 Å². The minimum Gasteiger partial charge on any atom is -0.361 e. The monoisotopic (exact) mass is 294 g/mol. The van der Waals surface area contributed by atoms with Crippen LogP contribution >= 0.6 is 0 Å². The molecule has 0 aliphatic carbocycles. The van der Waals surface area contributed by atoms with E-state index in [1.54, 1.807) is 12.3 Å². The summed E-state index contributed by atoms with van der Waals surface area (Å²) in [6, 6.07) is 12.6. The highest BCUT2D eigenvalue weighted by molar-refractivity contribution is 5.99. The highest BCUT2D eigenvalue weighted by atomic mass is 19.1. The number of nitrogens with zero attached hydrogens (tertiary/aromatic N) is 1. The lowest BCUT2D eigenvalue weighted by Crippen LogP contribution is -2.30. The zero-order valence-electron chi connectivity index (χ0n) is 12.0. The van der Waals surface area contributed by atoms with Crippen LogP contribution in [0, 0.1) is 5.82 Å². The fourth-order valence-corrected chi connectivity index (χ4v) is 3.15. The Morgan fingerprint density at radius 3 is 3.00 bits per heavy atom. The van der Waals surface area contributed by atoms with Crippen molar-refractivity contribution in [3.63, 3.8) is 0 Å². The summed E-state index contributed by atoms with van der Waals surface area (Å²) in [6.07, 6.45) is 2.96. The lowest BCUT2D eigenvalue weighted by molar-refractivity contribution is -0.117. The molecule has 0 unspecified atom stereocenters. The maximum absolute atomic E-state index is 13.4. The van der Waals surface area contributed by atoms with Gasteiger partial charge in [-0.05, 0) is 41.8 Å². The molecular weight excluding hydrogens is 279 g/mol. The van der Waals surface area contributed by atoms with E-state index in [9.17, 15) is 9.18 Å². The van der Waals surface area contributed by atoms with E-state index in [4.69, 9.17) is 0 Å². The van der Waals surface area contributed by atoms with Crippen molar-refractivity contribution in [3.05, 3.63) is 65.6 Å². The lowest BCUT2D eigenvalue weighted by Gasteiger charge is -2.17. The number of halogens is 1. The third-order valence-corrected chi connectivity index (χ3v) is 4.26. The van der Waals surface area contributed by atoms with Gasteiger partial charge in [-0.2, -0.15) is 0 Å². The molecule has 0 fully saturated rings. The number of H-pyrrole nitrogens is 1. The number of aromatic amines is 1. The largest absolute Gasteiger partial charge is 0.361 e. The molecule has 22 heavy (non-hydrogen) atoms. The number of anilines is 1. The normalized spacial score (nSPS) is 13.6. The van der Waals surface area contributed by atoms with Gasteiger partial charge in [0.15, 0.2) is 0 Å². The lowest BCUT2D eigenvalue weighted by atomic mass is 10.1. The molecular formula is C18H15FN2O. The molecule has 4 heteroatoms. The Hall–Kier alpha value is -2.62. The van der Waals surface area contributed by atoms with E-state index in [2.05, 4.69) is 11.1 Å². The molecule has 0 saturated heterocycles. The Morgan fingerprint density at radius 1 is 1.23 bits per heavy atom. The van der Waals surface area contributed by atoms with Gasteiger partial charge in [0.1, 0.15) is 5.82 Å². The van der Waals surface area contributed by atoms with Gasteiger partial charge in [0, 0.05) is 29.3 Å². The predicted molar refractivity (Wildman–Crippen MR) is 84.5 cm³/mol. The molecule has 0 radical (unpaired) electrons. The van der Waals surface area contributed by atoms with Gasteiger partial charge in [-0.25, -0.2) is 4.39 Å². The molecule has 1 N–H and O–H groups in total. The van der Waals surface area contributed by atoms with Crippen LogP contribution in [0.3, 0.4) is 0 Å². The molecule has 2 heterocycles. The number of hydrogen-bond donors (Lipinski definition) is 1. The molecule has 0 saturated carbocycles. The average Bonchev–Trinajstić information content (AvgIpc) is 3.11. The number of fused-ring (bicyclic) bond motifs is 2. The second-order valence-electron chi connectivity index (χ2n) is 5.60. The van der Waals surface area contributed by atoms with E-state index in [0.29, 0.717) is 0 Å². The highest BCUT2D eigenvalue weighted by Crippen LogP contribution is 2.29. The standard InChI is InChI=1S/C18H15FN2O/c19-14-5-6-16-15(10-14)13(11-20-16)9-18(22)21-8-7-12-3-1-2-4-17(12)21/h1-6,10-11,20H,7-9H2. The molecule has 0 atom stereocenters. The SMILES string of the molecule is O=C(Cc1c[nH]c2ccc(F)cc12)N1CCc2ccccc21. The molecule has 3 nitrogen and oxygen atoms in total. The van der Waals surface area contributed by atoms with E-state index in [-0.39, 0.29) is 18.1 Å². The Balaban J connectivity index is 1.63. The van der Waals surface area contributed by atoms with Crippen molar-refractivity contribution < 1.29 is 9.18 Å². The second-order valence-corrected chi connectivity index (χ2v) is 5.60. The molecule has 2 aromatic carbocycles. The van der Waals surface area contributed by atoms with E-state index < -0.39 is 0 Å². The van der Waals surface area contributed by atoms with Crippen LogP contribution in [0.2, 0.25) is 0 Å². The van der Waals surface area contributed by atoms with E-state index in [0.717, 1.165) is 35.1 Å². The van der Waals surface area contributed by atoms with Gasteiger partial charge in [0.05, 0.1) is 6.42 Å². The first-order valence-electron chi connectivity index (χ1n) is 7.36. The Morgan fingerprint density at radius 2 is 2.09 bits per heavy atom. The maximum atomic E-state index is 13.4. The number of para-hydroxylation sites is 1. The summed E-state index contributed by atoms with van der Waals surface area (Å²) < 4.78 is 13.4. The Bertz CT molecular complexity index is 868. The quantitative estimate of drug-likeness (QED) is 0.772. The summed E-state index contributed by atoms with van der Waals surface area (Å²) in [5, 5.41) is 0.779. The van der Waals surface area contributed by atoms with Crippen LogP contribution in [0.25, 0.3) is 10.9 Å². The van der Waals surface area contributed by atoms with Crippen LogP contribution in [0.4, 0.5) is 10.1 Å². The van der Waals surface area contributed by atoms with Crippen LogP contribution in [0.15, 0.2) is 48.7 Å². The molecule has 1 amide bonds. The number of rotatable bonds is 2. The summed E-state index contributed by atoms with van der Waals surface area (Å²) in [4.78, 5) is 17.5. The first-order chi connectivity index (χ1) is 10.7. The molecule has 1 aliphatic heterocycles. The van der Waals surface area contributed by atoms with Crippen LogP contribution < -0.4 is 4.90 Å². The molecule has 3 aromatic rings. The van der Waals surface area contributed by atoms with Gasteiger partial charge in [-0.15, -0.1) is 0 Å². The first-order valence-corrected chi connectivity index (χ1v) is 7.36. The topological polar surface area (TPSA) is 36.1 Å². The number of benzene rings is 2. The predicted octanol–water partition coefficient (Wildman–Crippen LogP) is 3.44. The van der Waals surface area contributed by atoms with Gasteiger partial charge in [-0.3, -0.25) is 4.79 Å². The number of aromatic nitrogens is 1. The fraction of sp³-hybridized carbons (Fsp3) is 0.167. The maximum Gasteiger partial charge on any atom is 0.231 e. The fourth-order valence-electron chi connectivity index (χ4n) is 3.15. The van der Waals surface area contributed by atoms with Crippen molar-refractivity contribution in [3.8, 4) is 0 Å². The van der Waals surface area contributed by atoms with E-state index >= 15 is 0 Å². The van der Waals surface area contributed by atoms with Crippen molar-refractivity contribution in [1.29, 1.82) is 0 Å². The van der Waals surface area contributed by atoms with Crippen LogP contribution in [0.1, 0.15) is 11.1 Å². The molecule has 1 aliphatic rings. The zero-order valence-corrected chi connectivity index (χ0v) is 12.0. The highest BCUT2D eigenvalue weighted by Gasteiger charge is 2.24. The summed E-state index contributed by atoms with van der Waals surface area (Å²) in [5.41, 5.74) is 3.90. The minimum absolute atomic E-state index is 0.0510. The second kappa shape index (κ2) is 4.98. The van der Waals surface area contributed by atoms with Gasteiger partial charge in [0.25, 0.3) is 0 Å². The summed E-state index contributed by atoms with van der Waals surface area (Å²) in [6.45, 7) is 0.717. The minimum atomic E-state index is -0.285. The Kier molecular flexibility index (Phi) is 2.96. The third kappa shape index (κ3) is 2.08. The van der Waals surface area contributed by atoms with Crippen LogP contribution in [0.5, 0.6) is 0 Å². The van der Waals surface area contributed by atoms with Crippen LogP contribution in [-0.4, -0.2) is 17.4 Å². The molecule has 1 aromatic heterocycles. The number of amides is 1. The first kappa shape index (κ1) is 13.1. The zero-order chi connectivity index (χ0) is 15.1. The summed E-state index contributed by atoms with van der Waals surface area (Å²) >= 11 is 0. The number of nitrogens with one attached hydrogen (secondary N) is 1. The van der Waals surface area contributed by atoms with Gasteiger partial charge in [-0.1, -0.05) is 18.2 Å². The van der Waals surface area contributed by atoms with Gasteiger partial charge < -0.3 is 9.88 Å². The molecule has 0 spiro atoms. The van der Waals surface area contributed by atoms with Crippen LogP contribution in [-0.2, 0) is 17.6 Å². The smallest absolute Gasteiger partial charge is 0.231 e.